The second-order valence-corrected chi connectivity index (χ2v) is 7.27. The molecule has 0 saturated carbocycles. The summed E-state index contributed by atoms with van der Waals surface area (Å²) in [5.74, 6) is -0.614. The highest BCUT2D eigenvalue weighted by atomic mass is 16.6. The summed E-state index contributed by atoms with van der Waals surface area (Å²) >= 11 is 0. The van der Waals surface area contributed by atoms with Gasteiger partial charge in [0.25, 0.3) is 11.8 Å². The van der Waals surface area contributed by atoms with E-state index >= 15 is 0 Å². The highest BCUT2D eigenvalue weighted by Crippen LogP contribution is 2.22. The van der Waals surface area contributed by atoms with Gasteiger partial charge in [-0.2, -0.15) is 0 Å². The van der Waals surface area contributed by atoms with E-state index in [1.165, 1.54) is 4.90 Å². The summed E-state index contributed by atoms with van der Waals surface area (Å²) in [5.41, 5.74) is 0.250. The van der Waals surface area contributed by atoms with Crippen molar-refractivity contribution in [3.63, 3.8) is 0 Å². The average Bonchev–Trinajstić information content (AvgIpc) is 2.86. The first kappa shape index (κ1) is 21.2. The molecule has 0 spiro atoms. The largest absolute Gasteiger partial charge is 0.444 e. The fourth-order valence-electron chi connectivity index (χ4n) is 2.60. The van der Waals surface area contributed by atoms with E-state index in [-0.39, 0.29) is 31.4 Å². The lowest BCUT2D eigenvalue weighted by Crippen LogP contribution is -2.42. The minimum atomic E-state index is -0.575. The third-order valence-corrected chi connectivity index (χ3v) is 3.80. The van der Waals surface area contributed by atoms with Crippen LogP contribution >= 0.6 is 0 Å². The number of fused-ring (bicyclic) bond motifs is 1. The Bertz CT molecular complexity index is 722. The van der Waals surface area contributed by atoms with Gasteiger partial charge in [-0.25, -0.2) is 9.59 Å². The highest BCUT2D eigenvalue weighted by molar-refractivity contribution is 6.21. The number of ether oxygens (including phenoxy) is 1. The molecule has 9 nitrogen and oxygen atoms in total. The Morgan fingerprint density at radius 3 is 2.04 bits per heavy atom. The molecule has 1 heterocycles. The molecule has 1 aliphatic rings. The van der Waals surface area contributed by atoms with Crippen LogP contribution in [0.3, 0.4) is 0 Å². The smallest absolute Gasteiger partial charge is 0.407 e. The predicted octanol–water partition coefficient (Wildman–Crippen LogP) is 1.50. The zero-order valence-electron chi connectivity index (χ0n) is 16.3. The van der Waals surface area contributed by atoms with Crippen LogP contribution in [0.15, 0.2) is 24.3 Å². The van der Waals surface area contributed by atoms with Gasteiger partial charge in [-0.15, -0.1) is 0 Å². The molecule has 28 heavy (non-hydrogen) atoms. The predicted molar refractivity (Wildman–Crippen MR) is 102 cm³/mol. The third-order valence-electron chi connectivity index (χ3n) is 3.80. The zero-order valence-corrected chi connectivity index (χ0v) is 16.3. The number of hydrogen-bond acceptors (Lipinski definition) is 5. The van der Waals surface area contributed by atoms with Crippen molar-refractivity contribution in [2.24, 2.45) is 0 Å². The van der Waals surface area contributed by atoms with Crippen molar-refractivity contribution in [2.75, 3.05) is 26.2 Å². The summed E-state index contributed by atoms with van der Waals surface area (Å²) in [7, 11) is 0. The fourth-order valence-corrected chi connectivity index (χ4v) is 2.60. The number of alkyl carbamates (subject to hydrolysis) is 1. The van der Waals surface area contributed by atoms with Crippen molar-refractivity contribution in [1.82, 2.24) is 20.9 Å². The van der Waals surface area contributed by atoms with Crippen LogP contribution in [0.4, 0.5) is 9.59 Å². The molecule has 152 valence electrons. The first-order valence-corrected chi connectivity index (χ1v) is 9.13. The number of nitrogens with zero attached hydrogens (tertiary/aromatic N) is 1. The van der Waals surface area contributed by atoms with Gasteiger partial charge in [-0.3, -0.25) is 14.5 Å². The monoisotopic (exact) mass is 390 g/mol. The summed E-state index contributed by atoms with van der Waals surface area (Å²) < 4.78 is 5.08. The summed E-state index contributed by atoms with van der Waals surface area (Å²) in [6, 6.07) is 6.31. The molecule has 9 heteroatoms. The first-order chi connectivity index (χ1) is 13.2. The number of carbonyl (C=O) groups excluding carboxylic acids is 4. The maximum Gasteiger partial charge on any atom is 0.407 e. The van der Waals surface area contributed by atoms with Gasteiger partial charge in [0, 0.05) is 26.2 Å². The molecule has 3 N–H and O–H groups in total. The minimum Gasteiger partial charge on any atom is -0.444 e. The molecular weight excluding hydrogens is 364 g/mol. The number of amides is 5. The van der Waals surface area contributed by atoms with Crippen molar-refractivity contribution in [3.05, 3.63) is 35.4 Å². The topological polar surface area (TPSA) is 117 Å². The van der Waals surface area contributed by atoms with E-state index in [2.05, 4.69) is 16.0 Å². The van der Waals surface area contributed by atoms with Crippen molar-refractivity contribution >= 4 is 23.9 Å². The fraction of sp³-hybridized carbons (Fsp3) is 0.474. The Hall–Kier alpha value is -3.10. The van der Waals surface area contributed by atoms with Crippen LogP contribution in [0.2, 0.25) is 0 Å². The lowest BCUT2D eigenvalue weighted by molar-refractivity contribution is 0.0527. The van der Waals surface area contributed by atoms with Crippen LogP contribution in [0, 0.1) is 0 Å². The molecule has 0 aliphatic carbocycles. The molecule has 1 aromatic carbocycles. The minimum absolute atomic E-state index is 0.229. The Balaban J connectivity index is 1.59. The van der Waals surface area contributed by atoms with Crippen molar-refractivity contribution in [2.45, 2.75) is 32.8 Å². The maximum atomic E-state index is 12.2. The average molecular weight is 390 g/mol. The quantitative estimate of drug-likeness (QED) is 0.482. The van der Waals surface area contributed by atoms with Crippen molar-refractivity contribution in [1.29, 1.82) is 0 Å². The van der Waals surface area contributed by atoms with Gasteiger partial charge in [0.15, 0.2) is 0 Å². The molecule has 0 bridgehead atoms. The second-order valence-electron chi connectivity index (χ2n) is 7.27. The second kappa shape index (κ2) is 9.20. The molecular formula is C19H26N4O5. The number of rotatable bonds is 7. The zero-order chi connectivity index (χ0) is 20.7. The van der Waals surface area contributed by atoms with Crippen LogP contribution in [0.1, 0.15) is 47.9 Å². The lowest BCUT2D eigenvalue weighted by atomic mass is 10.1. The Kier molecular flexibility index (Phi) is 6.97. The molecule has 0 radical (unpaired) electrons. The van der Waals surface area contributed by atoms with Crippen molar-refractivity contribution < 1.29 is 23.9 Å². The lowest BCUT2D eigenvalue weighted by Gasteiger charge is -2.19. The van der Waals surface area contributed by atoms with Gasteiger partial charge in [-0.05, 0) is 39.3 Å². The third kappa shape index (κ3) is 5.97. The number of benzene rings is 1. The summed E-state index contributed by atoms with van der Waals surface area (Å²) in [6.07, 6.45) is -0.106. The van der Waals surface area contributed by atoms with Crippen LogP contribution in [0.25, 0.3) is 0 Å². The molecule has 1 aliphatic heterocycles. The SMILES string of the molecule is CC(C)(C)OC(=O)NCCNC(=O)NCCCN1C(=O)c2ccccc2C1=O. The Morgan fingerprint density at radius 2 is 1.46 bits per heavy atom. The number of hydrogen-bond donors (Lipinski definition) is 3. The van der Waals surface area contributed by atoms with Crippen LogP contribution in [0.5, 0.6) is 0 Å². The van der Waals surface area contributed by atoms with E-state index in [0.29, 0.717) is 24.1 Å². The summed E-state index contributed by atoms with van der Waals surface area (Å²) in [6.45, 7) is 6.30. The standard InChI is InChI=1S/C19H26N4O5/c1-19(2,3)28-18(27)22-11-10-21-17(26)20-9-6-12-23-15(24)13-7-4-5-8-14(13)16(23)25/h4-5,7-8H,6,9-12H2,1-3H3,(H,22,27)(H2,20,21,26). The van der Waals surface area contributed by atoms with Crippen LogP contribution in [-0.2, 0) is 4.74 Å². The molecule has 0 atom stereocenters. The molecule has 1 aromatic rings. The van der Waals surface area contributed by atoms with E-state index in [1.54, 1.807) is 45.0 Å². The van der Waals surface area contributed by atoms with E-state index < -0.39 is 17.7 Å². The molecule has 0 unspecified atom stereocenters. The number of urea groups is 1. The normalized spacial score (nSPS) is 13.2. The van der Waals surface area contributed by atoms with E-state index in [1.807, 2.05) is 0 Å². The van der Waals surface area contributed by atoms with E-state index in [0.717, 1.165) is 0 Å². The Morgan fingerprint density at radius 1 is 0.929 bits per heavy atom. The van der Waals surface area contributed by atoms with Crippen LogP contribution in [-0.4, -0.2) is 60.6 Å². The van der Waals surface area contributed by atoms with E-state index in [9.17, 15) is 19.2 Å². The van der Waals surface area contributed by atoms with Gasteiger partial charge >= 0.3 is 12.1 Å². The van der Waals surface area contributed by atoms with Gasteiger partial charge in [0.2, 0.25) is 0 Å². The van der Waals surface area contributed by atoms with Gasteiger partial charge in [0.05, 0.1) is 11.1 Å². The number of imide groups is 1. The van der Waals surface area contributed by atoms with Crippen LogP contribution < -0.4 is 16.0 Å². The maximum absolute atomic E-state index is 12.2. The van der Waals surface area contributed by atoms with Gasteiger partial charge < -0.3 is 20.7 Å². The number of nitrogens with one attached hydrogen (secondary N) is 3. The Labute approximate surface area is 163 Å². The van der Waals surface area contributed by atoms with Crippen molar-refractivity contribution in [3.8, 4) is 0 Å². The van der Waals surface area contributed by atoms with Gasteiger partial charge in [-0.1, -0.05) is 12.1 Å². The van der Waals surface area contributed by atoms with Gasteiger partial charge in [0.1, 0.15) is 5.60 Å². The molecule has 0 saturated heterocycles. The summed E-state index contributed by atoms with van der Waals surface area (Å²) in [4.78, 5) is 48.8. The summed E-state index contributed by atoms with van der Waals surface area (Å²) in [5, 5.41) is 7.77. The number of carbonyl (C=O) groups is 4. The molecule has 0 aromatic heterocycles. The highest BCUT2D eigenvalue weighted by Gasteiger charge is 2.34. The molecule has 0 fully saturated rings. The molecule has 5 amide bonds. The molecule has 2 rings (SSSR count). The first-order valence-electron chi connectivity index (χ1n) is 9.13. The van der Waals surface area contributed by atoms with E-state index in [4.69, 9.17) is 4.74 Å².